The molecule has 0 saturated heterocycles. The van der Waals surface area contributed by atoms with Gasteiger partial charge in [-0.1, -0.05) is 20.8 Å². The molecule has 0 bridgehead atoms. The second-order valence-electron chi connectivity index (χ2n) is 12.0. The van der Waals surface area contributed by atoms with Gasteiger partial charge in [0.05, 0.1) is 13.7 Å². The molecule has 0 heterocycles. The van der Waals surface area contributed by atoms with Crippen molar-refractivity contribution >= 4 is 17.9 Å². The van der Waals surface area contributed by atoms with Crippen molar-refractivity contribution < 1.29 is 28.6 Å². The molecule has 4 fully saturated rings. The first-order chi connectivity index (χ1) is 16.1. The zero-order valence-electron chi connectivity index (χ0n) is 21.8. The summed E-state index contributed by atoms with van der Waals surface area (Å²) in [5, 5.41) is 0. The van der Waals surface area contributed by atoms with Crippen LogP contribution < -0.4 is 0 Å². The van der Waals surface area contributed by atoms with Gasteiger partial charge in [0, 0.05) is 18.3 Å². The van der Waals surface area contributed by atoms with Gasteiger partial charge in [-0.3, -0.25) is 9.59 Å². The Kier molecular flexibility index (Phi) is 7.36. The number of fused-ring (bicyclic) bond motifs is 5. The van der Waals surface area contributed by atoms with Crippen molar-refractivity contribution in [1.82, 2.24) is 0 Å². The molecular formula is C28H44O6. The maximum atomic E-state index is 13.9. The number of hydrogen-bond acceptors (Lipinski definition) is 6. The van der Waals surface area contributed by atoms with E-state index in [-0.39, 0.29) is 22.9 Å². The molecule has 0 N–H and O–H groups in total. The summed E-state index contributed by atoms with van der Waals surface area (Å²) < 4.78 is 15.4. The molecule has 0 radical (unpaired) electrons. The number of ether oxygens (including phenoxy) is 3. The van der Waals surface area contributed by atoms with E-state index in [0.717, 1.165) is 44.9 Å². The van der Waals surface area contributed by atoms with E-state index in [1.54, 1.807) is 6.92 Å². The molecule has 0 aliphatic heterocycles. The molecule has 4 aliphatic carbocycles. The van der Waals surface area contributed by atoms with Crippen LogP contribution >= 0.6 is 0 Å². The summed E-state index contributed by atoms with van der Waals surface area (Å²) in [6.07, 6.45) is 8.62. The van der Waals surface area contributed by atoms with Crippen molar-refractivity contribution in [3.63, 3.8) is 0 Å². The fraction of sp³-hybridized carbons (Fsp3) is 0.893. The predicted molar refractivity (Wildman–Crippen MR) is 128 cm³/mol. The highest BCUT2D eigenvalue weighted by molar-refractivity contribution is 5.87. The summed E-state index contributed by atoms with van der Waals surface area (Å²) in [4.78, 5) is 37.4. The van der Waals surface area contributed by atoms with Crippen LogP contribution in [0.2, 0.25) is 0 Å². The van der Waals surface area contributed by atoms with Crippen molar-refractivity contribution in [1.29, 1.82) is 0 Å². The van der Waals surface area contributed by atoms with Crippen LogP contribution in [0.4, 0.5) is 4.79 Å². The van der Waals surface area contributed by atoms with Crippen molar-refractivity contribution in [3.05, 3.63) is 0 Å². The lowest BCUT2D eigenvalue weighted by Crippen LogP contribution is -2.57. The predicted octanol–water partition coefficient (Wildman–Crippen LogP) is 5.96. The van der Waals surface area contributed by atoms with Crippen LogP contribution in [0.5, 0.6) is 0 Å². The Hall–Kier alpha value is -1.59. The Bertz CT molecular complexity index is 794. The third kappa shape index (κ3) is 4.28. The number of carbonyl (C=O) groups is 3. The normalized spacial score (nSPS) is 42.1. The SMILES string of the molecule is CCOC(=O)O[C@H]1CC[C@@]2(C)[C@H](CC[C@@H]3[C@@H]2CC(=O)[C@]2(C)[C@@H]([C@H](C)CCC(=O)OC)CC[C@@H]32)C1. The average Bonchev–Trinajstić information content (AvgIpc) is 3.17. The van der Waals surface area contributed by atoms with Gasteiger partial charge in [0.15, 0.2) is 0 Å². The summed E-state index contributed by atoms with van der Waals surface area (Å²) >= 11 is 0. The molecule has 9 atom stereocenters. The summed E-state index contributed by atoms with van der Waals surface area (Å²) in [6.45, 7) is 9.02. The number of carbonyl (C=O) groups excluding carboxylic acids is 3. The third-order valence-electron chi connectivity index (χ3n) is 10.8. The van der Waals surface area contributed by atoms with Gasteiger partial charge in [-0.25, -0.2) is 4.79 Å². The highest BCUT2D eigenvalue weighted by Gasteiger charge is 2.64. The maximum Gasteiger partial charge on any atom is 0.508 e. The number of Topliss-reactive ketones (excluding diaryl/α,β-unsaturated/α-hetero) is 1. The second-order valence-corrected chi connectivity index (χ2v) is 12.0. The molecule has 0 aromatic rings. The van der Waals surface area contributed by atoms with Crippen molar-refractivity contribution in [2.24, 2.45) is 46.3 Å². The van der Waals surface area contributed by atoms with E-state index in [4.69, 9.17) is 14.2 Å². The number of rotatable bonds is 6. The van der Waals surface area contributed by atoms with E-state index < -0.39 is 6.16 Å². The topological polar surface area (TPSA) is 78.9 Å². The van der Waals surface area contributed by atoms with E-state index in [1.807, 2.05) is 0 Å². The van der Waals surface area contributed by atoms with E-state index >= 15 is 0 Å². The summed E-state index contributed by atoms with van der Waals surface area (Å²) in [5.74, 6) is 2.99. The van der Waals surface area contributed by atoms with E-state index in [2.05, 4.69) is 20.8 Å². The molecule has 4 aliphatic rings. The molecule has 6 heteroatoms. The quantitative estimate of drug-likeness (QED) is 0.440. The smallest absolute Gasteiger partial charge is 0.469 e. The Morgan fingerprint density at radius 1 is 1.09 bits per heavy atom. The van der Waals surface area contributed by atoms with Gasteiger partial charge in [-0.2, -0.15) is 0 Å². The van der Waals surface area contributed by atoms with Crippen LogP contribution in [0.1, 0.15) is 91.9 Å². The highest BCUT2D eigenvalue weighted by atomic mass is 16.7. The lowest BCUT2D eigenvalue weighted by atomic mass is 9.44. The molecular weight excluding hydrogens is 432 g/mol. The third-order valence-corrected chi connectivity index (χ3v) is 10.8. The lowest BCUT2D eigenvalue weighted by Gasteiger charge is -2.60. The number of methoxy groups -OCH3 is 1. The van der Waals surface area contributed by atoms with Crippen molar-refractivity contribution in [2.75, 3.05) is 13.7 Å². The molecule has 0 aromatic carbocycles. The zero-order valence-corrected chi connectivity index (χ0v) is 21.8. The molecule has 6 nitrogen and oxygen atoms in total. The molecule has 0 amide bonds. The molecule has 34 heavy (non-hydrogen) atoms. The van der Waals surface area contributed by atoms with Gasteiger partial charge in [0.2, 0.25) is 0 Å². The first-order valence-electron chi connectivity index (χ1n) is 13.6. The van der Waals surface area contributed by atoms with Crippen molar-refractivity contribution in [2.45, 2.75) is 98.0 Å². The van der Waals surface area contributed by atoms with Gasteiger partial charge in [-0.05, 0) is 99.2 Å². The standard InChI is InChI=1S/C28H44O6/c1-6-33-26(31)34-19-13-14-27(3)18(15-19)8-9-20-22-11-10-21(17(2)7-12-25(30)32-5)28(22,4)24(29)16-23(20)27/h17-23H,6-16H2,1-5H3/t17-,18-,19+,20+,21-,22+,23+,27+,28-/m1/s1. The summed E-state index contributed by atoms with van der Waals surface area (Å²) in [5.41, 5.74) is -0.118. The van der Waals surface area contributed by atoms with E-state index in [0.29, 0.717) is 60.7 Å². The maximum absolute atomic E-state index is 13.9. The van der Waals surface area contributed by atoms with Crippen LogP contribution in [0.3, 0.4) is 0 Å². The van der Waals surface area contributed by atoms with Crippen LogP contribution in [0, 0.1) is 46.3 Å². The molecule has 0 aromatic heterocycles. The molecule has 4 rings (SSSR count). The largest absolute Gasteiger partial charge is 0.508 e. The van der Waals surface area contributed by atoms with Gasteiger partial charge < -0.3 is 14.2 Å². The van der Waals surface area contributed by atoms with Gasteiger partial charge >= 0.3 is 12.1 Å². The molecule has 4 saturated carbocycles. The van der Waals surface area contributed by atoms with Gasteiger partial charge in [-0.15, -0.1) is 0 Å². The highest BCUT2D eigenvalue weighted by Crippen LogP contribution is 2.67. The molecule has 0 spiro atoms. The fourth-order valence-corrected chi connectivity index (χ4v) is 8.91. The summed E-state index contributed by atoms with van der Waals surface area (Å²) in [7, 11) is 1.44. The Labute approximate surface area is 204 Å². The van der Waals surface area contributed by atoms with Gasteiger partial charge in [0.25, 0.3) is 0 Å². The Morgan fingerprint density at radius 3 is 2.56 bits per heavy atom. The van der Waals surface area contributed by atoms with E-state index in [1.165, 1.54) is 13.5 Å². The zero-order chi connectivity index (χ0) is 24.7. The average molecular weight is 477 g/mol. The lowest BCUT2D eigenvalue weighted by molar-refractivity contribution is -0.161. The number of ketones is 1. The monoisotopic (exact) mass is 476 g/mol. The van der Waals surface area contributed by atoms with Crippen LogP contribution in [0.15, 0.2) is 0 Å². The molecule has 192 valence electrons. The fourth-order valence-electron chi connectivity index (χ4n) is 8.91. The minimum atomic E-state index is -0.549. The van der Waals surface area contributed by atoms with Gasteiger partial charge in [0.1, 0.15) is 11.9 Å². The minimum absolute atomic E-state index is 0.0650. The first kappa shape index (κ1) is 25.5. The first-order valence-corrected chi connectivity index (χ1v) is 13.6. The van der Waals surface area contributed by atoms with Crippen molar-refractivity contribution in [3.8, 4) is 0 Å². The Morgan fingerprint density at radius 2 is 1.85 bits per heavy atom. The van der Waals surface area contributed by atoms with Crippen LogP contribution in [-0.2, 0) is 23.8 Å². The minimum Gasteiger partial charge on any atom is -0.469 e. The Balaban J connectivity index is 1.47. The van der Waals surface area contributed by atoms with Crippen LogP contribution in [0.25, 0.3) is 0 Å². The van der Waals surface area contributed by atoms with E-state index in [9.17, 15) is 14.4 Å². The number of hydrogen-bond donors (Lipinski definition) is 0. The summed E-state index contributed by atoms with van der Waals surface area (Å²) in [6, 6.07) is 0. The van der Waals surface area contributed by atoms with Crippen LogP contribution in [-0.4, -0.2) is 37.7 Å². The number of esters is 1. The second kappa shape index (κ2) is 9.81. The molecule has 0 unspecified atom stereocenters.